The fraction of sp³-hybridized carbons (Fsp3) is 0.348. The molecule has 0 spiro atoms. The molecule has 0 fully saturated rings. The maximum Gasteiger partial charge on any atom is 0.326 e. The minimum Gasteiger partial charge on any atom is -0.497 e. The van der Waals surface area contributed by atoms with Crippen LogP contribution >= 0.6 is 11.3 Å². The summed E-state index contributed by atoms with van der Waals surface area (Å²) in [6.45, 7) is 6.36. The van der Waals surface area contributed by atoms with Gasteiger partial charge in [0, 0.05) is 0 Å². The van der Waals surface area contributed by atoms with Gasteiger partial charge in [0.2, 0.25) is 0 Å². The van der Waals surface area contributed by atoms with Crippen molar-refractivity contribution in [2.24, 2.45) is 4.99 Å². The molecule has 0 N–H and O–H groups in total. The Morgan fingerprint density at radius 1 is 1.13 bits per heavy atom. The molecule has 6 nitrogen and oxygen atoms in total. The molecule has 0 saturated heterocycles. The fourth-order valence-electron chi connectivity index (χ4n) is 3.09. The van der Waals surface area contributed by atoms with E-state index in [1.165, 1.54) is 16.9 Å². The van der Waals surface area contributed by atoms with Crippen molar-refractivity contribution in [1.29, 1.82) is 0 Å². The van der Waals surface area contributed by atoms with E-state index < -0.39 is 0 Å². The van der Waals surface area contributed by atoms with Gasteiger partial charge in [-0.2, -0.15) is 4.99 Å². The molecular formula is C23H26N2O4S. The lowest BCUT2D eigenvalue weighted by Crippen LogP contribution is -2.23. The summed E-state index contributed by atoms with van der Waals surface area (Å²) in [5.41, 5.74) is 2.92. The molecule has 0 aliphatic carbocycles. The van der Waals surface area contributed by atoms with Crippen molar-refractivity contribution < 1.29 is 19.1 Å². The normalized spacial score (nSPS) is 11.8. The summed E-state index contributed by atoms with van der Waals surface area (Å²) in [6.07, 6.45) is 0.175. The molecule has 0 atom stereocenters. The SMILES string of the molecule is CCOC(=O)Cn1c(=NC(=O)Cc2ccc(OC)cc2)sc2cc(C(C)C)ccc21. The maximum absolute atomic E-state index is 12.6. The second-order valence-corrected chi connectivity index (χ2v) is 8.20. The van der Waals surface area contributed by atoms with Crippen molar-refractivity contribution in [3.8, 4) is 5.75 Å². The second kappa shape index (κ2) is 9.71. The Kier molecular flexibility index (Phi) is 7.05. The Labute approximate surface area is 179 Å². The van der Waals surface area contributed by atoms with Gasteiger partial charge in [0.25, 0.3) is 5.91 Å². The topological polar surface area (TPSA) is 69.9 Å². The van der Waals surface area contributed by atoms with Gasteiger partial charge in [0.05, 0.1) is 30.4 Å². The molecule has 7 heteroatoms. The van der Waals surface area contributed by atoms with Crippen LogP contribution in [0.1, 0.15) is 37.8 Å². The van der Waals surface area contributed by atoms with E-state index in [-0.39, 0.29) is 24.8 Å². The summed E-state index contributed by atoms with van der Waals surface area (Å²) in [5, 5.41) is 0. The predicted octanol–water partition coefficient (Wildman–Crippen LogP) is 4.07. The first-order valence-corrected chi connectivity index (χ1v) is 10.7. The van der Waals surface area contributed by atoms with E-state index in [0.29, 0.717) is 17.3 Å². The lowest BCUT2D eigenvalue weighted by molar-refractivity contribution is -0.143. The highest BCUT2D eigenvalue weighted by molar-refractivity contribution is 7.16. The van der Waals surface area contributed by atoms with Crippen molar-refractivity contribution in [3.05, 3.63) is 58.4 Å². The van der Waals surface area contributed by atoms with Crippen LogP contribution in [-0.4, -0.2) is 30.2 Å². The van der Waals surface area contributed by atoms with Crippen LogP contribution in [-0.2, 0) is 27.3 Å². The third-order valence-electron chi connectivity index (χ3n) is 4.70. The molecule has 2 aromatic carbocycles. The molecule has 0 aliphatic heterocycles. The zero-order valence-electron chi connectivity index (χ0n) is 17.7. The Morgan fingerprint density at radius 3 is 2.50 bits per heavy atom. The van der Waals surface area contributed by atoms with Crippen molar-refractivity contribution in [1.82, 2.24) is 4.57 Å². The molecule has 3 rings (SSSR count). The van der Waals surface area contributed by atoms with Gasteiger partial charge in [-0.25, -0.2) is 0 Å². The van der Waals surface area contributed by atoms with Gasteiger partial charge in [0.1, 0.15) is 12.3 Å². The van der Waals surface area contributed by atoms with E-state index in [4.69, 9.17) is 9.47 Å². The fourth-order valence-corrected chi connectivity index (χ4v) is 4.18. The maximum atomic E-state index is 12.6. The van der Waals surface area contributed by atoms with E-state index in [0.717, 1.165) is 21.5 Å². The Morgan fingerprint density at radius 2 is 1.87 bits per heavy atom. The average Bonchev–Trinajstić information content (AvgIpc) is 3.04. The summed E-state index contributed by atoms with van der Waals surface area (Å²) >= 11 is 1.41. The van der Waals surface area contributed by atoms with E-state index >= 15 is 0 Å². The molecule has 1 aromatic heterocycles. The van der Waals surface area contributed by atoms with Crippen LogP contribution in [0.25, 0.3) is 10.2 Å². The highest BCUT2D eigenvalue weighted by Crippen LogP contribution is 2.23. The molecule has 0 radical (unpaired) electrons. The highest BCUT2D eigenvalue weighted by atomic mass is 32.1. The summed E-state index contributed by atoms with van der Waals surface area (Å²) in [6, 6.07) is 13.4. The van der Waals surface area contributed by atoms with Crippen molar-refractivity contribution >= 4 is 33.4 Å². The Balaban J connectivity index is 1.98. The Hall–Kier alpha value is -2.93. The molecular weight excluding hydrogens is 400 g/mol. The van der Waals surface area contributed by atoms with Crippen LogP contribution in [0.15, 0.2) is 47.5 Å². The number of benzene rings is 2. The van der Waals surface area contributed by atoms with Gasteiger partial charge >= 0.3 is 5.97 Å². The largest absolute Gasteiger partial charge is 0.497 e. The predicted molar refractivity (Wildman–Crippen MR) is 118 cm³/mol. The number of hydrogen-bond donors (Lipinski definition) is 0. The number of rotatable bonds is 7. The van der Waals surface area contributed by atoms with Crippen LogP contribution in [0.5, 0.6) is 5.75 Å². The zero-order chi connectivity index (χ0) is 21.7. The molecule has 1 amide bonds. The van der Waals surface area contributed by atoms with E-state index in [2.05, 4.69) is 24.9 Å². The molecule has 0 unspecified atom stereocenters. The summed E-state index contributed by atoms with van der Waals surface area (Å²) < 4.78 is 13.0. The van der Waals surface area contributed by atoms with Gasteiger partial charge < -0.3 is 14.0 Å². The lowest BCUT2D eigenvalue weighted by Gasteiger charge is -2.07. The summed E-state index contributed by atoms with van der Waals surface area (Å²) in [4.78, 5) is 29.6. The first-order valence-electron chi connectivity index (χ1n) is 9.90. The van der Waals surface area contributed by atoms with E-state index in [9.17, 15) is 9.59 Å². The number of amides is 1. The molecule has 158 valence electrons. The number of aromatic nitrogens is 1. The van der Waals surface area contributed by atoms with Crippen LogP contribution in [0, 0.1) is 0 Å². The Bertz CT molecular complexity index is 1110. The molecule has 1 heterocycles. The smallest absolute Gasteiger partial charge is 0.326 e. The number of methoxy groups -OCH3 is 1. The lowest BCUT2D eigenvalue weighted by atomic mass is 10.0. The van der Waals surface area contributed by atoms with Gasteiger partial charge in [-0.3, -0.25) is 9.59 Å². The van der Waals surface area contributed by atoms with Gasteiger partial charge in [0.15, 0.2) is 4.80 Å². The quantitative estimate of drug-likeness (QED) is 0.534. The number of ether oxygens (including phenoxy) is 2. The monoisotopic (exact) mass is 426 g/mol. The number of carbonyl (C=O) groups is 2. The zero-order valence-corrected chi connectivity index (χ0v) is 18.5. The number of fused-ring (bicyclic) bond motifs is 1. The van der Waals surface area contributed by atoms with Crippen LogP contribution in [0.3, 0.4) is 0 Å². The summed E-state index contributed by atoms with van der Waals surface area (Å²) in [5.74, 6) is 0.496. The van der Waals surface area contributed by atoms with Crippen molar-refractivity contribution in [3.63, 3.8) is 0 Å². The van der Waals surface area contributed by atoms with E-state index in [1.807, 2.05) is 36.4 Å². The highest BCUT2D eigenvalue weighted by Gasteiger charge is 2.14. The number of thiazole rings is 1. The minimum atomic E-state index is -0.353. The molecule has 30 heavy (non-hydrogen) atoms. The molecule has 0 saturated carbocycles. The van der Waals surface area contributed by atoms with Crippen LogP contribution in [0.2, 0.25) is 0 Å². The number of carbonyl (C=O) groups excluding carboxylic acids is 2. The third-order valence-corrected chi connectivity index (χ3v) is 5.74. The second-order valence-electron chi connectivity index (χ2n) is 7.19. The van der Waals surface area contributed by atoms with Gasteiger partial charge in [-0.1, -0.05) is 43.4 Å². The van der Waals surface area contributed by atoms with E-state index in [1.54, 1.807) is 18.6 Å². The molecule has 3 aromatic rings. The van der Waals surface area contributed by atoms with Crippen molar-refractivity contribution in [2.75, 3.05) is 13.7 Å². The van der Waals surface area contributed by atoms with Crippen LogP contribution in [0.4, 0.5) is 0 Å². The van der Waals surface area contributed by atoms with Gasteiger partial charge in [-0.05, 0) is 48.2 Å². The minimum absolute atomic E-state index is 0.0174. The van der Waals surface area contributed by atoms with Crippen LogP contribution < -0.4 is 9.54 Å². The first-order chi connectivity index (χ1) is 14.4. The third kappa shape index (κ3) is 5.16. The number of hydrogen-bond acceptors (Lipinski definition) is 5. The standard InChI is InChI=1S/C23H26N2O4S/c1-5-29-22(27)14-25-19-11-8-17(15(2)3)13-20(19)30-23(25)24-21(26)12-16-6-9-18(28-4)10-7-16/h6-11,13,15H,5,12,14H2,1-4H3. The average molecular weight is 427 g/mol. The van der Waals surface area contributed by atoms with Gasteiger partial charge in [-0.15, -0.1) is 0 Å². The number of esters is 1. The van der Waals surface area contributed by atoms with Crippen molar-refractivity contribution in [2.45, 2.75) is 39.7 Å². The molecule has 0 bridgehead atoms. The molecule has 0 aliphatic rings. The number of nitrogens with zero attached hydrogens (tertiary/aromatic N) is 2. The summed E-state index contributed by atoms with van der Waals surface area (Å²) in [7, 11) is 1.60. The first kappa shape index (κ1) is 21.8.